The Morgan fingerprint density at radius 3 is 1.53 bits per heavy atom. The molecule has 0 saturated heterocycles. The van der Waals surface area contributed by atoms with E-state index in [1.54, 1.807) is 0 Å². The zero-order valence-corrected chi connectivity index (χ0v) is 8.18. The standard InChI is InChI=1S/C3H2ClF5O.H3O4P/c4-1(3(7,8)9)10-2(5)6;1-5(2,3)4/h1-2H;(H3,1,2,3,4). The van der Waals surface area contributed by atoms with Gasteiger partial charge in [-0.25, -0.2) is 4.57 Å². The van der Waals surface area contributed by atoms with Gasteiger partial charge in [-0.2, -0.15) is 22.0 Å². The molecule has 0 fully saturated rings. The van der Waals surface area contributed by atoms with Crippen molar-refractivity contribution < 1.29 is 45.9 Å². The van der Waals surface area contributed by atoms with E-state index >= 15 is 0 Å². The molecular weight excluding hydrogens is 277 g/mol. The minimum Gasteiger partial charge on any atom is -0.303 e. The predicted octanol–water partition coefficient (Wildman–Crippen LogP) is 1.42. The molecule has 5 nitrogen and oxygen atoms in total. The van der Waals surface area contributed by atoms with Gasteiger partial charge in [0.2, 0.25) is 5.56 Å². The van der Waals surface area contributed by atoms with Crippen LogP contribution in [0.4, 0.5) is 22.0 Å². The van der Waals surface area contributed by atoms with Crippen molar-refractivity contribution in [2.24, 2.45) is 0 Å². The van der Waals surface area contributed by atoms with Crippen molar-refractivity contribution in [3.8, 4) is 0 Å². The van der Waals surface area contributed by atoms with E-state index in [-0.39, 0.29) is 0 Å². The normalized spacial score (nSPS) is 14.5. The fourth-order valence-electron chi connectivity index (χ4n) is 0.167. The summed E-state index contributed by atoms with van der Waals surface area (Å²) in [5.74, 6) is 0. The Labute approximate surface area is 84.7 Å². The van der Waals surface area contributed by atoms with Gasteiger partial charge >= 0.3 is 20.6 Å². The first-order valence-electron chi connectivity index (χ1n) is 2.76. The fourth-order valence-corrected chi connectivity index (χ4v) is 0.245. The van der Waals surface area contributed by atoms with E-state index in [1.807, 2.05) is 0 Å². The molecule has 0 amide bonds. The van der Waals surface area contributed by atoms with Crippen LogP contribution in [0.2, 0.25) is 0 Å². The monoisotopic (exact) mass is 282 g/mol. The molecule has 0 spiro atoms. The first-order valence-corrected chi connectivity index (χ1v) is 4.77. The van der Waals surface area contributed by atoms with Crippen LogP contribution < -0.4 is 0 Å². The van der Waals surface area contributed by atoms with Crippen LogP contribution in [0, 0.1) is 0 Å². The van der Waals surface area contributed by atoms with Crippen molar-refractivity contribution in [1.29, 1.82) is 0 Å². The average Bonchev–Trinajstić information content (AvgIpc) is 1.78. The van der Waals surface area contributed by atoms with Gasteiger partial charge in [0.15, 0.2) is 0 Å². The van der Waals surface area contributed by atoms with Gasteiger partial charge in [-0.3, -0.25) is 4.74 Å². The van der Waals surface area contributed by atoms with E-state index in [0.717, 1.165) is 0 Å². The van der Waals surface area contributed by atoms with E-state index in [9.17, 15) is 22.0 Å². The highest BCUT2D eigenvalue weighted by Gasteiger charge is 2.41. The van der Waals surface area contributed by atoms with Crippen LogP contribution in [0.3, 0.4) is 0 Å². The summed E-state index contributed by atoms with van der Waals surface area (Å²) in [5, 5.41) is 0. The van der Waals surface area contributed by atoms with Crippen LogP contribution in [0.1, 0.15) is 0 Å². The lowest BCUT2D eigenvalue weighted by Crippen LogP contribution is -2.27. The maximum Gasteiger partial charge on any atom is 0.466 e. The van der Waals surface area contributed by atoms with Crippen molar-refractivity contribution in [2.75, 3.05) is 0 Å². The Bertz CT molecular complexity index is 207. The summed E-state index contributed by atoms with van der Waals surface area (Å²) in [7, 11) is -4.64. The fraction of sp³-hybridized carbons (Fsp3) is 1.00. The molecule has 0 radical (unpaired) electrons. The first kappa shape index (κ1) is 17.4. The Hall–Kier alpha value is 0.01000. The third-order valence-electron chi connectivity index (χ3n) is 0.480. The molecule has 0 bridgehead atoms. The molecule has 3 N–H and O–H groups in total. The number of hydrogen-bond donors (Lipinski definition) is 3. The molecule has 0 aliphatic carbocycles. The zero-order valence-electron chi connectivity index (χ0n) is 6.53. The highest BCUT2D eigenvalue weighted by molar-refractivity contribution is 7.45. The van der Waals surface area contributed by atoms with Crippen LogP contribution in [-0.4, -0.2) is 33.0 Å². The molecule has 0 aliphatic rings. The van der Waals surface area contributed by atoms with E-state index in [0.29, 0.717) is 0 Å². The summed E-state index contributed by atoms with van der Waals surface area (Å²) in [6, 6.07) is 0. The molecule has 0 aromatic carbocycles. The third-order valence-corrected chi connectivity index (χ3v) is 0.830. The van der Waals surface area contributed by atoms with Gasteiger partial charge in [-0.15, -0.1) is 0 Å². The van der Waals surface area contributed by atoms with E-state index < -0.39 is 26.2 Å². The lowest BCUT2D eigenvalue weighted by atomic mass is 10.7. The quantitative estimate of drug-likeness (QED) is 0.405. The van der Waals surface area contributed by atoms with Gasteiger partial charge in [0.05, 0.1) is 0 Å². The van der Waals surface area contributed by atoms with Crippen LogP contribution in [0.25, 0.3) is 0 Å². The minimum absolute atomic E-state index is 2.92. The maximum absolute atomic E-state index is 11.2. The summed E-state index contributed by atoms with van der Waals surface area (Å²) in [6.45, 7) is -3.51. The Kier molecular flexibility index (Phi) is 7.61. The number of ether oxygens (including phenoxy) is 1. The highest BCUT2D eigenvalue weighted by Crippen LogP contribution is 2.27. The molecule has 0 heterocycles. The molecule has 1 unspecified atom stereocenters. The number of alkyl halides is 6. The van der Waals surface area contributed by atoms with Gasteiger partial charge in [0, 0.05) is 0 Å². The maximum atomic E-state index is 11.2. The minimum atomic E-state index is -4.95. The summed E-state index contributed by atoms with van der Waals surface area (Å²) >= 11 is 4.32. The van der Waals surface area contributed by atoms with E-state index in [2.05, 4.69) is 16.3 Å². The SMILES string of the molecule is FC(F)OC(Cl)C(F)(F)F.O=P(O)(O)O. The van der Waals surface area contributed by atoms with Crippen LogP contribution in [0.15, 0.2) is 0 Å². The van der Waals surface area contributed by atoms with Gasteiger partial charge in [-0.05, 0) is 0 Å². The molecule has 0 saturated carbocycles. The van der Waals surface area contributed by atoms with Crippen molar-refractivity contribution >= 4 is 19.4 Å². The average molecular weight is 282 g/mol. The second kappa shape index (κ2) is 6.56. The Morgan fingerprint density at radius 1 is 1.20 bits per heavy atom. The van der Waals surface area contributed by atoms with E-state index in [4.69, 9.17) is 19.2 Å². The zero-order chi connectivity index (χ0) is 12.9. The molecule has 1 atom stereocenters. The number of rotatable bonds is 2. The smallest absolute Gasteiger partial charge is 0.303 e. The Morgan fingerprint density at radius 2 is 1.47 bits per heavy atom. The largest absolute Gasteiger partial charge is 0.466 e. The molecule has 0 aliphatic heterocycles. The van der Waals surface area contributed by atoms with Crippen molar-refractivity contribution in [3.63, 3.8) is 0 Å². The van der Waals surface area contributed by atoms with Crippen LogP contribution in [0.5, 0.6) is 0 Å². The molecule has 0 aromatic rings. The van der Waals surface area contributed by atoms with Crippen molar-refractivity contribution in [3.05, 3.63) is 0 Å². The summed E-state index contributed by atoms with van der Waals surface area (Å²) < 4.78 is 67.5. The molecule has 0 aromatic heterocycles. The van der Waals surface area contributed by atoms with Gasteiger partial charge < -0.3 is 14.7 Å². The van der Waals surface area contributed by atoms with Crippen molar-refractivity contribution in [1.82, 2.24) is 0 Å². The number of halogens is 6. The number of phosphoric acid groups is 1. The predicted molar refractivity (Wildman–Crippen MR) is 37.0 cm³/mol. The lowest BCUT2D eigenvalue weighted by molar-refractivity contribution is -0.246. The van der Waals surface area contributed by atoms with Crippen LogP contribution >= 0.6 is 19.4 Å². The second-order valence-corrected chi connectivity index (χ2v) is 3.19. The summed E-state index contributed by atoms with van der Waals surface area (Å²) in [4.78, 5) is 21.6. The molecule has 94 valence electrons. The summed E-state index contributed by atoms with van der Waals surface area (Å²) in [5.41, 5.74) is -2.94. The van der Waals surface area contributed by atoms with Crippen molar-refractivity contribution in [2.45, 2.75) is 18.4 Å². The summed E-state index contributed by atoms with van der Waals surface area (Å²) in [6.07, 6.45) is -4.95. The third kappa shape index (κ3) is 20.2. The molecule has 12 heteroatoms. The molecular formula is C3H5ClF5O5P. The van der Waals surface area contributed by atoms with Crippen LogP contribution in [-0.2, 0) is 9.30 Å². The Balaban J connectivity index is 0. The second-order valence-electron chi connectivity index (χ2n) is 1.77. The molecule has 0 rings (SSSR count). The number of hydrogen-bond acceptors (Lipinski definition) is 2. The van der Waals surface area contributed by atoms with Gasteiger partial charge in [-0.1, -0.05) is 11.6 Å². The lowest BCUT2D eigenvalue weighted by Gasteiger charge is -2.12. The highest BCUT2D eigenvalue weighted by atomic mass is 35.5. The van der Waals surface area contributed by atoms with Gasteiger partial charge in [0.25, 0.3) is 0 Å². The molecule has 15 heavy (non-hydrogen) atoms. The topological polar surface area (TPSA) is 87.0 Å². The van der Waals surface area contributed by atoms with E-state index in [1.165, 1.54) is 0 Å². The first-order chi connectivity index (χ1) is 6.34. The van der Waals surface area contributed by atoms with Gasteiger partial charge in [0.1, 0.15) is 0 Å².